The maximum atomic E-state index is 7.07. The summed E-state index contributed by atoms with van der Waals surface area (Å²) >= 11 is 0. The molecule has 2 saturated heterocycles. The monoisotopic (exact) mass is 403 g/mol. The molecule has 1 unspecified atom stereocenters. The van der Waals surface area contributed by atoms with Crippen molar-refractivity contribution in [2.45, 2.75) is 89.1 Å². The molecule has 2 heterocycles. The predicted octanol–water partition coefficient (Wildman–Crippen LogP) is 7.05. The zero-order valence-corrected chi connectivity index (χ0v) is 18.8. The van der Waals surface area contributed by atoms with Gasteiger partial charge in [0.25, 0.3) is 0 Å². The van der Waals surface area contributed by atoms with E-state index in [9.17, 15) is 0 Å². The minimum atomic E-state index is -0.330. The SMILES string of the molecule is CCCCCCCCCCB1OC(c2ccccc2)(c2ccccc2)C2CCCN12. The van der Waals surface area contributed by atoms with Crippen molar-refractivity contribution in [2.24, 2.45) is 0 Å². The van der Waals surface area contributed by atoms with Crippen molar-refractivity contribution in [1.82, 2.24) is 4.81 Å². The van der Waals surface area contributed by atoms with E-state index in [1.807, 2.05) is 0 Å². The summed E-state index contributed by atoms with van der Waals surface area (Å²) < 4.78 is 7.07. The molecule has 160 valence electrons. The van der Waals surface area contributed by atoms with Crippen molar-refractivity contribution in [1.29, 1.82) is 0 Å². The average Bonchev–Trinajstić information content (AvgIpc) is 3.40. The lowest BCUT2D eigenvalue weighted by Crippen LogP contribution is -2.41. The molecular weight excluding hydrogens is 365 g/mol. The van der Waals surface area contributed by atoms with Gasteiger partial charge >= 0.3 is 7.05 Å². The first-order valence-corrected chi connectivity index (χ1v) is 12.4. The van der Waals surface area contributed by atoms with Crippen LogP contribution in [0.25, 0.3) is 0 Å². The Morgan fingerprint density at radius 1 is 0.833 bits per heavy atom. The summed E-state index contributed by atoms with van der Waals surface area (Å²) in [6.07, 6.45) is 14.6. The molecule has 0 radical (unpaired) electrons. The van der Waals surface area contributed by atoms with Gasteiger partial charge in [-0.3, -0.25) is 0 Å². The second kappa shape index (κ2) is 10.6. The molecule has 30 heavy (non-hydrogen) atoms. The van der Waals surface area contributed by atoms with Crippen LogP contribution in [0.5, 0.6) is 0 Å². The van der Waals surface area contributed by atoms with Crippen LogP contribution in [0.15, 0.2) is 60.7 Å². The predicted molar refractivity (Wildman–Crippen MR) is 128 cm³/mol. The van der Waals surface area contributed by atoms with Crippen LogP contribution in [-0.2, 0) is 10.3 Å². The number of fused-ring (bicyclic) bond motifs is 1. The fourth-order valence-corrected chi connectivity index (χ4v) is 5.67. The van der Waals surface area contributed by atoms with Crippen LogP contribution in [0, 0.1) is 0 Å². The molecule has 2 aromatic rings. The zero-order valence-electron chi connectivity index (χ0n) is 18.8. The largest absolute Gasteiger partial charge is 0.406 e. The average molecular weight is 403 g/mol. The highest BCUT2D eigenvalue weighted by Gasteiger charge is 2.57. The summed E-state index contributed by atoms with van der Waals surface area (Å²) in [5.41, 5.74) is 2.29. The van der Waals surface area contributed by atoms with Gasteiger partial charge in [0.2, 0.25) is 0 Å². The first-order valence-electron chi connectivity index (χ1n) is 12.4. The van der Waals surface area contributed by atoms with Crippen molar-refractivity contribution in [3.8, 4) is 0 Å². The second-order valence-electron chi connectivity index (χ2n) is 9.20. The van der Waals surface area contributed by atoms with E-state index in [-0.39, 0.29) is 12.7 Å². The number of hydrogen-bond donors (Lipinski definition) is 0. The molecule has 2 aliphatic heterocycles. The zero-order chi connectivity index (χ0) is 20.7. The molecule has 0 N–H and O–H groups in total. The Morgan fingerprint density at radius 3 is 2.00 bits per heavy atom. The van der Waals surface area contributed by atoms with Gasteiger partial charge in [0.1, 0.15) is 5.60 Å². The highest BCUT2D eigenvalue weighted by atomic mass is 16.5. The second-order valence-corrected chi connectivity index (χ2v) is 9.20. The summed E-state index contributed by atoms with van der Waals surface area (Å²) in [5, 5.41) is 0. The summed E-state index contributed by atoms with van der Waals surface area (Å²) in [4.78, 5) is 2.68. The first-order chi connectivity index (χ1) is 14.9. The first kappa shape index (κ1) is 21.6. The van der Waals surface area contributed by atoms with E-state index in [0.29, 0.717) is 6.04 Å². The number of hydrogen-bond acceptors (Lipinski definition) is 2. The fraction of sp³-hybridized carbons (Fsp3) is 0.556. The summed E-state index contributed by atoms with van der Waals surface area (Å²) in [5.74, 6) is 0. The van der Waals surface area contributed by atoms with Crippen LogP contribution in [-0.4, -0.2) is 24.4 Å². The van der Waals surface area contributed by atoms with Gasteiger partial charge in [-0.2, -0.15) is 0 Å². The molecule has 0 bridgehead atoms. The fourth-order valence-electron chi connectivity index (χ4n) is 5.67. The van der Waals surface area contributed by atoms with Crippen molar-refractivity contribution in [3.63, 3.8) is 0 Å². The van der Waals surface area contributed by atoms with Gasteiger partial charge in [0.05, 0.1) is 0 Å². The van der Waals surface area contributed by atoms with Gasteiger partial charge in [0, 0.05) is 6.04 Å². The van der Waals surface area contributed by atoms with Gasteiger partial charge in [-0.1, -0.05) is 119 Å². The van der Waals surface area contributed by atoms with Crippen molar-refractivity contribution in [3.05, 3.63) is 71.8 Å². The third kappa shape index (κ3) is 4.53. The summed E-state index contributed by atoms with van der Waals surface area (Å²) in [7, 11) is 0.248. The van der Waals surface area contributed by atoms with E-state index in [4.69, 9.17) is 4.65 Å². The Morgan fingerprint density at radius 2 is 1.40 bits per heavy atom. The van der Waals surface area contributed by atoms with Gasteiger partial charge < -0.3 is 9.47 Å². The van der Waals surface area contributed by atoms with Crippen molar-refractivity contribution >= 4 is 7.05 Å². The van der Waals surface area contributed by atoms with E-state index < -0.39 is 0 Å². The number of nitrogens with zero attached hydrogens (tertiary/aromatic N) is 1. The van der Waals surface area contributed by atoms with Gasteiger partial charge in [-0.25, -0.2) is 0 Å². The van der Waals surface area contributed by atoms with Crippen LogP contribution in [0.2, 0.25) is 6.32 Å². The van der Waals surface area contributed by atoms with Crippen LogP contribution in [0.4, 0.5) is 0 Å². The number of benzene rings is 2. The molecule has 0 saturated carbocycles. The van der Waals surface area contributed by atoms with Gasteiger partial charge in [0.15, 0.2) is 0 Å². The molecule has 3 heteroatoms. The van der Waals surface area contributed by atoms with Crippen LogP contribution >= 0.6 is 0 Å². The quantitative estimate of drug-likeness (QED) is 0.294. The van der Waals surface area contributed by atoms with E-state index in [0.717, 1.165) is 6.32 Å². The third-order valence-corrected chi connectivity index (χ3v) is 7.17. The Bertz CT molecular complexity index is 710. The van der Waals surface area contributed by atoms with E-state index in [1.165, 1.54) is 81.9 Å². The van der Waals surface area contributed by atoms with E-state index in [1.54, 1.807) is 0 Å². The highest BCUT2D eigenvalue weighted by molar-refractivity contribution is 6.49. The summed E-state index contributed by atoms with van der Waals surface area (Å²) in [6, 6.07) is 22.4. The Balaban J connectivity index is 1.45. The molecule has 0 amide bonds. The standard InChI is InChI=1S/C27H38BNO/c1-2-3-4-5-6-7-8-15-22-28-29-23-16-21-26(29)27(30-28,24-17-11-9-12-18-24)25-19-13-10-14-20-25/h9-14,17-20,26H,2-8,15-16,21-23H2,1H3. The molecule has 2 fully saturated rings. The smallest absolute Gasteiger partial charge is 0.383 e. The van der Waals surface area contributed by atoms with Gasteiger partial charge in [-0.15, -0.1) is 0 Å². The summed E-state index contributed by atoms with van der Waals surface area (Å²) in [6.45, 7) is 3.46. The molecule has 2 aliphatic rings. The molecule has 0 spiro atoms. The molecule has 0 aromatic heterocycles. The van der Waals surface area contributed by atoms with Crippen LogP contribution in [0.3, 0.4) is 0 Å². The Kier molecular flexibility index (Phi) is 7.68. The molecule has 4 rings (SSSR count). The van der Waals surface area contributed by atoms with Crippen LogP contribution < -0.4 is 0 Å². The normalized spacial score (nSPS) is 20.6. The molecule has 1 atom stereocenters. The molecular formula is C27H38BNO. The molecule has 2 nitrogen and oxygen atoms in total. The lowest BCUT2D eigenvalue weighted by atomic mass is 9.74. The highest BCUT2D eigenvalue weighted by Crippen LogP contribution is 2.49. The van der Waals surface area contributed by atoms with Crippen molar-refractivity contribution < 1.29 is 4.65 Å². The minimum absolute atomic E-state index is 0.248. The van der Waals surface area contributed by atoms with Crippen LogP contribution in [0.1, 0.15) is 82.3 Å². The van der Waals surface area contributed by atoms with Gasteiger partial charge in [-0.05, 0) is 36.8 Å². The number of unbranched alkanes of at least 4 members (excludes halogenated alkanes) is 7. The third-order valence-electron chi connectivity index (χ3n) is 7.17. The molecule has 0 aliphatic carbocycles. The lowest BCUT2D eigenvalue weighted by Gasteiger charge is -2.36. The Labute approximate surface area is 184 Å². The van der Waals surface area contributed by atoms with Crippen molar-refractivity contribution in [2.75, 3.05) is 6.54 Å². The lowest BCUT2D eigenvalue weighted by molar-refractivity contribution is 0.105. The molecule has 2 aromatic carbocycles. The van der Waals surface area contributed by atoms with E-state index in [2.05, 4.69) is 72.4 Å². The van der Waals surface area contributed by atoms with E-state index >= 15 is 0 Å². The Hall–Kier alpha value is -1.58. The maximum absolute atomic E-state index is 7.07. The number of rotatable bonds is 11. The minimum Gasteiger partial charge on any atom is -0.406 e. The maximum Gasteiger partial charge on any atom is 0.383 e. The topological polar surface area (TPSA) is 12.5 Å².